The zero-order valence-corrected chi connectivity index (χ0v) is 15.4. The quantitative estimate of drug-likeness (QED) is 0.483. The van der Waals surface area contributed by atoms with E-state index in [1.165, 1.54) is 15.6 Å². The Balaban J connectivity index is 1.62. The smallest absolute Gasteiger partial charge is 0.332 e. The molecule has 144 valence electrons. The summed E-state index contributed by atoms with van der Waals surface area (Å²) >= 11 is 0. The summed E-state index contributed by atoms with van der Waals surface area (Å²) in [5.41, 5.74) is 1.42. The van der Waals surface area contributed by atoms with Crippen LogP contribution in [0.15, 0.2) is 54.4 Å². The molecule has 0 saturated carbocycles. The van der Waals surface area contributed by atoms with Gasteiger partial charge in [-0.15, -0.1) is 15.0 Å². The Bertz CT molecular complexity index is 992. The topological polar surface area (TPSA) is 117 Å². The summed E-state index contributed by atoms with van der Waals surface area (Å²) in [5, 5.41) is 19.1. The molecule has 0 bridgehead atoms. The molecule has 0 saturated heterocycles. The van der Waals surface area contributed by atoms with E-state index >= 15 is 0 Å². The van der Waals surface area contributed by atoms with Crippen LogP contribution in [0.3, 0.4) is 0 Å². The van der Waals surface area contributed by atoms with Crippen molar-refractivity contribution >= 4 is 11.9 Å². The van der Waals surface area contributed by atoms with E-state index in [1.54, 1.807) is 26.1 Å². The number of tetrazole rings is 1. The first kappa shape index (κ1) is 19.0. The maximum Gasteiger partial charge on any atom is 0.332 e. The number of ether oxygens (including phenoxy) is 1. The molecule has 0 aliphatic carbocycles. The minimum absolute atomic E-state index is 0.194. The van der Waals surface area contributed by atoms with Crippen LogP contribution in [0.4, 0.5) is 0 Å². The molecule has 10 heteroatoms. The van der Waals surface area contributed by atoms with Crippen molar-refractivity contribution < 1.29 is 14.3 Å². The number of hydrogen-bond donors (Lipinski definition) is 1. The number of benzene rings is 1. The third-order valence-electron chi connectivity index (χ3n) is 3.56. The Labute approximate surface area is 160 Å². The van der Waals surface area contributed by atoms with Crippen LogP contribution in [-0.2, 0) is 16.2 Å². The van der Waals surface area contributed by atoms with Gasteiger partial charge in [-0.05, 0) is 25.1 Å². The average Bonchev–Trinajstić information content (AvgIpc) is 3.32. The second kappa shape index (κ2) is 8.71. The molecule has 0 aliphatic heterocycles. The van der Waals surface area contributed by atoms with Gasteiger partial charge >= 0.3 is 5.97 Å². The largest absolute Gasteiger partial charge is 0.463 e. The molecule has 1 aromatic carbocycles. The maximum atomic E-state index is 12.2. The fraction of sp³-hybridized carbons (Fsp3) is 0.222. The molecule has 0 radical (unpaired) electrons. The van der Waals surface area contributed by atoms with Gasteiger partial charge in [0, 0.05) is 23.5 Å². The fourth-order valence-corrected chi connectivity index (χ4v) is 2.34. The minimum Gasteiger partial charge on any atom is -0.463 e. The molecular weight excluding hydrogens is 362 g/mol. The standard InChI is InChI=1S/C18H19N7O3/c1-3-28-16(26)11-13(2)19-18(27)15-9-10-24(21-15)12-25-22-17(20-23-25)14-7-5-4-6-8-14/h4-11H,3,12H2,1-2H3,(H,19,27)/b13-11+. The predicted octanol–water partition coefficient (Wildman–Crippen LogP) is 1.24. The van der Waals surface area contributed by atoms with Crippen LogP contribution >= 0.6 is 0 Å². The lowest BCUT2D eigenvalue weighted by molar-refractivity contribution is -0.137. The number of carbonyl (C=O) groups is 2. The lowest BCUT2D eigenvalue weighted by Crippen LogP contribution is -2.23. The van der Waals surface area contributed by atoms with Crippen LogP contribution in [0.1, 0.15) is 24.3 Å². The molecular formula is C18H19N7O3. The number of nitrogens with zero attached hydrogens (tertiary/aromatic N) is 6. The molecule has 3 rings (SSSR count). The molecule has 0 spiro atoms. The maximum absolute atomic E-state index is 12.2. The normalized spacial score (nSPS) is 11.3. The highest BCUT2D eigenvalue weighted by atomic mass is 16.5. The lowest BCUT2D eigenvalue weighted by atomic mass is 10.2. The number of hydrogen-bond acceptors (Lipinski definition) is 7. The minimum atomic E-state index is -0.516. The molecule has 10 nitrogen and oxygen atoms in total. The summed E-state index contributed by atoms with van der Waals surface area (Å²) in [7, 11) is 0. The molecule has 0 unspecified atom stereocenters. The van der Waals surface area contributed by atoms with E-state index in [2.05, 4.69) is 25.8 Å². The zero-order valence-electron chi connectivity index (χ0n) is 15.4. The second-order valence-corrected chi connectivity index (χ2v) is 5.77. The van der Waals surface area contributed by atoms with E-state index in [1.807, 2.05) is 30.3 Å². The van der Waals surface area contributed by atoms with E-state index in [4.69, 9.17) is 4.74 Å². The van der Waals surface area contributed by atoms with Gasteiger partial charge < -0.3 is 10.1 Å². The van der Waals surface area contributed by atoms with Gasteiger partial charge in [-0.3, -0.25) is 4.79 Å². The van der Waals surface area contributed by atoms with Gasteiger partial charge in [0.1, 0.15) is 0 Å². The average molecular weight is 381 g/mol. The van der Waals surface area contributed by atoms with Crippen molar-refractivity contribution in [3.8, 4) is 11.4 Å². The van der Waals surface area contributed by atoms with Crippen molar-refractivity contribution in [2.24, 2.45) is 0 Å². The number of esters is 1. The molecule has 0 atom stereocenters. The van der Waals surface area contributed by atoms with E-state index in [0.717, 1.165) is 5.56 Å². The van der Waals surface area contributed by atoms with Crippen molar-refractivity contribution in [2.45, 2.75) is 20.5 Å². The third-order valence-corrected chi connectivity index (χ3v) is 3.56. The molecule has 1 N–H and O–H groups in total. The van der Waals surface area contributed by atoms with E-state index < -0.39 is 11.9 Å². The fourth-order valence-electron chi connectivity index (χ4n) is 2.34. The summed E-state index contributed by atoms with van der Waals surface area (Å²) in [6.45, 7) is 3.77. The van der Waals surface area contributed by atoms with E-state index in [-0.39, 0.29) is 19.0 Å². The Morgan fingerprint density at radius 3 is 2.71 bits per heavy atom. The summed E-state index contributed by atoms with van der Waals surface area (Å²) in [4.78, 5) is 25.0. The number of allylic oxidation sites excluding steroid dienone is 1. The van der Waals surface area contributed by atoms with Crippen LogP contribution in [0.2, 0.25) is 0 Å². The summed E-state index contributed by atoms with van der Waals surface area (Å²) in [6, 6.07) is 11.0. The highest BCUT2D eigenvalue weighted by Crippen LogP contribution is 2.11. The Kier molecular flexibility index (Phi) is 5.90. The first-order valence-electron chi connectivity index (χ1n) is 8.58. The molecule has 0 aliphatic rings. The molecule has 3 aromatic rings. The number of nitrogens with one attached hydrogen (secondary N) is 1. The van der Waals surface area contributed by atoms with Crippen LogP contribution in [-0.4, -0.2) is 48.5 Å². The predicted molar refractivity (Wildman–Crippen MR) is 98.7 cm³/mol. The molecule has 2 aromatic heterocycles. The van der Waals surface area contributed by atoms with Crippen molar-refractivity contribution in [3.05, 3.63) is 60.1 Å². The SMILES string of the molecule is CCOC(=O)/C=C(\C)NC(=O)c1ccn(Cn2nnc(-c3ccccc3)n2)n1. The number of carbonyl (C=O) groups excluding carboxylic acids is 2. The first-order valence-corrected chi connectivity index (χ1v) is 8.58. The van der Waals surface area contributed by atoms with Gasteiger partial charge in [-0.1, -0.05) is 30.3 Å². The lowest BCUT2D eigenvalue weighted by Gasteiger charge is -2.03. The second-order valence-electron chi connectivity index (χ2n) is 5.77. The van der Waals surface area contributed by atoms with E-state index in [0.29, 0.717) is 11.5 Å². The van der Waals surface area contributed by atoms with Gasteiger partial charge in [-0.25, -0.2) is 9.48 Å². The van der Waals surface area contributed by atoms with Gasteiger partial charge in [0.05, 0.1) is 6.61 Å². The third kappa shape index (κ3) is 4.87. The van der Waals surface area contributed by atoms with Crippen molar-refractivity contribution in [2.75, 3.05) is 6.61 Å². The van der Waals surface area contributed by atoms with Crippen molar-refractivity contribution in [3.63, 3.8) is 0 Å². The van der Waals surface area contributed by atoms with Crippen LogP contribution in [0.5, 0.6) is 0 Å². The van der Waals surface area contributed by atoms with E-state index in [9.17, 15) is 9.59 Å². The Morgan fingerprint density at radius 1 is 1.18 bits per heavy atom. The summed E-state index contributed by atoms with van der Waals surface area (Å²) in [5.74, 6) is -0.448. The molecule has 1 amide bonds. The van der Waals surface area contributed by atoms with Crippen LogP contribution in [0.25, 0.3) is 11.4 Å². The highest BCUT2D eigenvalue weighted by molar-refractivity contribution is 5.94. The number of amides is 1. The monoisotopic (exact) mass is 381 g/mol. The first-order chi connectivity index (χ1) is 13.5. The molecule has 0 fully saturated rings. The Hall–Kier alpha value is -3.82. The highest BCUT2D eigenvalue weighted by Gasteiger charge is 2.12. The van der Waals surface area contributed by atoms with Crippen molar-refractivity contribution in [1.82, 2.24) is 35.3 Å². The summed E-state index contributed by atoms with van der Waals surface area (Å²) in [6.07, 6.45) is 2.84. The summed E-state index contributed by atoms with van der Waals surface area (Å²) < 4.78 is 6.30. The van der Waals surface area contributed by atoms with Gasteiger partial charge in [0.15, 0.2) is 12.4 Å². The van der Waals surface area contributed by atoms with Gasteiger partial charge in [0.2, 0.25) is 5.82 Å². The molecule has 28 heavy (non-hydrogen) atoms. The van der Waals surface area contributed by atoms with Crippen molar-refractivity contribution in [1.29, 1.82) is 0 Å². The Morgan fingerprint density at radius 2 is 1.96 bits per heavy atom. The van der Waals surface area contributed by atoms with Gasteiger partial charge in [-0.2, -0.15) is 5.10 Å². The van der Waals surface area contributed by atoms with Gasteiger partial charge in [0.25, 0.3) is 5.91 Å². The number of aromatic nitrogens is 6. The molecule has 2 heterocycles. The number of rotatable bonds is 7. The van der Waals surface area contributed by atoms with Crippen LogP contribution in [0, 0.1) is 0 Å². The zero-order chi connectivity index (χ0) is 19.9. The van der Waals surface area contributed by atoms with Crippen LogP contribution < -0.4 is 5.32 Å².